The minimum absolute atomic E-state index is 0.451. The molecule has 0 saturated carbocycles. The molecule has 2 aromatic carbocycles. The molecule has 1 aromatic heterocycles. The van der Waals surface area contributed by atoms with Crippen LogP contribution in [0.25, 0.3) is 11.0 Å². The smallest absolute Gasteiger partial charge is 0.410 e. The van der Waals surface area contributed by atoms with Gasteiger partial charge in [0.15, 0.2) is 0 Å². The molecule has 5 nitrogen and oxygen atoms in total. The molecular weight excluding hydrogens is 254 g/mol. The topological polar surface area (TPSA) is 56.2 Å². The van der Waals surface area contributed by atoms with E-state index in [1.807, 2.05) is 41.9 Å². The monoisotopic (exact) mass is 267 g/mol. The molecule has 3 aromatic rings. The Kier molecular flexibility index (Phi) is 3.09. The van der Waals surface area contributed by atoms with Crippen molar-refractivity contribution in [3.05, 3.63) is 54.6 Å². The minimum Gasteiger partial charge on any atom is -0.410 e. The van der Waals surface area contributed by atoms with Crippen LogP contribution in [0.2, 0.25) is 0 Å². The minimum atomic E-state index is -0.561. The molecule has 1 amide bonds. The number of hydrogen-bond donors (Lipinski definition) is 1. The number of hydrogen-bond acceptors (Lipinski definition) is 3. The van der Waals surface area contributed by atoms with Gasteiger partial charge in [-0.3, -0.25) is 5.32 Å². The first-order chi connectivity index (χ1) is 9.74. The van der Waals surface area contributed by atoms with Gasteiger partial charge in [0, 0.05) is 7.05 Å². The third kappa shape index (κ3) is 2.33. The molecule has 0 spiro atoms. The summed E-state index contributed by atoms with van der Waals surface area (Å²) in [5.41, 5.74) is 1.77. The number of carbonyl (C=O) groups excluding carboxylic acids is 1. The van der Waals surface area contributed by atoms with Gasteiger partial charge in [-0.05, 0) is 24.3 Å². The molecule has 0 radical (unpaired) electrons. The largest absolute Gasteiger partial charge is 0.419 e. The van der Waals surface area contributed by atoms with Crippen LogP contribution in [0.15, 0.2) is 54.6 Å². The fourth-order valence-electron chi connectivity index (χ4n) is 1.97. The van der Waals surface area contributed by atoms with Crippen LogP contribution >= 0.6 is 0 Å². The Balaban J connectivity index is 1.79. The number of imidazole rings is 1. The van der Waals surface area contributed by atoms with Gasteiger partial charge in [0.2, 0.25) is 5.95 Å². The molecule has 0 bridgehead atoms. The van der Waals surface area contributed by atoms with Crippen molar-refractivity contribution >= 4 is 23.1 Å². The number of ether oxygens (including phenoxy) is 1. The first-order valence-corrected chi connectivity index (χ1v) is 6.19. The number of nitrogens with zero attached hydrogens (tertiary/aromatic N) is 2. The molecule has 5 heteroatoms. The van der Waals surface area contributed by atoms with E-state index in [1.54, 1.807) is 24.3 Å². The Labute approximate surface area is 115 Å². The second-order valence-corrected chi connectivity index (χ2v) is 4.31. The number of rotatable bonds is 2. The number of fused-ring (bicyclic) bond motifs is 1. The lowest BCUT2D eigenvalue weighted by atomic mass is 10.3. The van der Waals surface area contributed by atoms with Crippen molar-refractivity contribution in [3.63, 3.8) is 0 Å². The van der Waals surface area contributed by atoms with E-state index in [4.69, 9.17) is 4.74 Å². The molecule has 1 N–H and O–H groups in total. The Morgan fingerprint density at radius 2 is 1.80 bits per heavy atom. The number of benzene rings is 2. The number of aromatic nitrogens is 2. The quantitative estimate of drug-likeness (QED) is 0.775. The molecule has 3 rings (SSSR count). The second-order valence-electron chi connectivity index (χ2n) is 4.31. The van der Waals surface area contributed by atoms with Gasteiger partial charge < -0.3 is 9.30 Å². The van der Waals surface area contributed by atoms with E-state index < -0.39 is 6.09 Å². The molecular formula is C15H13N3O2. The maximum absolute atomic E-state index is 11.8. The lowest BCUT2D eigenvalue weighted by molar-refractivity contribution is 0.215. The summed E-state index contributed by atoms with van der Waals surface area (Å²) in [6.45, 7) is 0. The summed E-state index contributed by atoms with van der Waals surface area (Å²) >= 11 is 0. The third-order valence-electron chi connectivity index (χ3n) is 2.95. The molecule has 0 fully saturated rings. The third-order valence-corrected chi connectivity index (χ3v) is 2.95. The fraction of sp³-hybridized carbons (Fsp3) is 0.0667. The van der Waals surface area contributed by atoms with Crippen molar-refractivity contribution < 1.29 is 9.53 Å². The van der Waals surface area contributed by atoms with E-state index in [2.05, 4.69) is 10.3 Å². The van der Waals surface area contributed by atoms with Gasteiger partial charge in [-0.15, -0.1) is 0 Å². The summed E-state index contributed by atoms with van der Waals surface area (Å²) in [6, 6.07) is 16.6. The van der Waals surface area contributed by atoms with E-state index in [0.29, 0.717) is 11.7 Å². The summed E-state index contributed by atoms with van der Waals surface area (Å²) < 4.78 is 6.97. The average molecular weight is 267 g/mol. The summed E-state index contributed by atoms with van der Waals surface area (Å²) in [7, 11) is 1.84. The molecule has 0 aliphatic rings. The van der Waals surface area contributed by atoms with Crippen molar-refractivity contribution in [2.24, 2.45) is 7.05 Å². The van der Waals surface area contributed by atoms with Gasteiger partial charge >= 0.3 is 6.09 Å². The standard InChI is InChI=1S/C15H13N3O2/c1-18-13-10-6-5-9-12(13)16-14(18)17-15(19)20-11-7-3-2-4-8-11/h2-10H,1H3,(H,16,17,19). The van der Waals surface area contributed by atoms with E-state index >= 15 is 0 Å². The predicted molar refractivity (Wildman–Crippen MR) is 76.8 cm³/mol. The molecule has 20 heavy (non-hydrogen) atoms. The first-order valence-electron chi connectivity index (χ1n) is 6.19. The molecule has 0 unspecified atom stereocenters. The van der Waals surface area contributed by atoms with E-state index in [9.17, 15) is 4.79 Å². The first kappa shape index (κ1) is 12.2. The van der Waals surface area contributed by atoms with Crippen molar-refractivity contribution in [2.75, 3.05) is 5.32 Å². The SMILES string of the molecule is Cn1c(NC(=O)Oc2ccccc2)nc2ccccc21. The van der Waals surface area contributed by atoms with Crippen LogP contribution in [0.5, 0.6) is 5.75 Å². The number of para-hydroxylation sites is 3. The highest BCUT2D eigenvalue weighted by Gasteiger charge is 2.11. The van der Waals surface area contributed by atoms with Crippen molar-refractivity contribution in [1.82, 2.24) is 9.55 Å². The van der Waals surface area contributed by atoms with E-state index in [1.165, 1.54) is 0 Å². The van der Waals surface area contributed by atoms with Crippen LogP contribution in [-0.4, -0.2) is 15.6 Å². The maximum Gasteiger partial charge on any atom is 0.419 e. The van der Waals surface area contributed by atoms with Crippen LogP contribution < -0.4 is 10.1 Å². The van der Waals surface area contributed by atoms with Crippen LogP contribution in [-0.2, 0) is 7.05 Å². The van der Waals surface area contributed by atoms with Crippen molar-refractivity contribution in [2.45, 2.75) is 0 Å². The van der Waals surface area contributed by atoms with Gasteiger partial charge in [0.1, 0.15) is 5.75 Å². The number of anilines is 1. The summed E-state index contributed by atoms with van der Waals surface area (Å²) in [5.74, 6) is 0.941. The van der Waals surface area contributed by atoms with Gasteiger partial charge in [0.05, 0.1) is 11.0 Å². The molecule has 0 atom stereocenters. The predicted octanol–water partition coefficient (Wildman–Crippen LogP) is 3.18. The van der Waals surface area contributed by atoms with Gasteiger partial charge in [-0.1, -0.05) is 30.3 Å². The summed E-state index contributed by atoms with van der Waals surface area (Å²) in [4.78, 5) is 16.2. The highest BCUT2D eigenvalue weighted by Crippen LogP contribution is 2.18. The van der Waals surface area contributed by atoms with Crippen molar-refractivity contribution in [1.29, 1.82) is 0 Å². The molecule has 1 heterocycles. The summed E-state index contributed by atoms with van der Waals surface area (Å²) in [6.07, 6.45) is -0.561. The van der Waals surface area contributed by atoms with Crippen LogP contribution in [0.3, 0.4) is 0 Å². The fourth-order valence-corrected chi connectivity index (χ4v) is 1.97. The number of carbonyl (C=O) groups is 1. The zero-order chi connectivity index (χ0) is 13.9. The second kappa shape index (κ2) is 5.05. The Bertz CT molecular complexity index is 750. The lowest BCUT2D eigenvalue weighted by Crippen LogP contribution is -2.19. The molecule has 0 saturated heterocycles. The number of aryl methyl sites for hydroxylation is 1. The zero-order valence-corrected chi connectivity index (χ0v) is 10.9. The highest BCUT2D eigenvalue weighted by molar-refractivity contribution is 5.88. The number of nitrogens with one attached hydrogen (secondary N) is 1. The van der Waals surface area contributed by atoms with Crippen LogP contribution in [0.4, 0.5) is 10.7 Å². The Morgan fingerprint density at radius 3 is 2.55 bits per heavy atom. The summed E-state index contributed by atoms with van der Waals surface area (Å²) in [5, 5.41) is 2.64. The average Bonchev–Trinajstić information content (AvgIpc) is 2.77. The number of amides is 1. The van der Waals surface area contributed by atoms with Gasteiger partial charge in [0.25, 0.3) is 0 Å². The van der Waals surface area contributed by atoms with Crippen LogP contribution in [0.1, 0.15) is 0 Å². The highest BCUT2D eigenvalue weighted by atomic mass is 16.6. The molecule has 100 valence electrons. The normalized spacial score (nSPS) is 10.4. The molecule has 0 aliphatic carbocycles. The van der Waals surface area contributed by atoms with Crippen molar-refractivity contribution in [3.8, 4) is 5.75 Å². The lowest BCUT2D eigenvalue weighted by Gasteiger charge is -2.06. The van der Waals surface area contributed by atoms with E-state index in [-0.39, 0.29) is 0 Å². The van der Waals surface area contributed by atoms with Gasteiger partial charge in [-0.25, -0.2) is 9.78 Å². The zero-order valence-electron chi connectivity index (χ0n) is 10.9. The van der Waals surface area contributed by atoms with E-state index in [0.717, 1.165) is 11.0 Å². The van der Waals surface area contributed by atoms with Gasteiger partial charge in [-0.2, -0.15) is 0 Å². The maximum atomic E-state index is 11.8. The Morgan fingerprint density at radius 1 is 1.10 bits per heavy atom. The molecule has 0 aliphatic heterocycles. The Hall–Kier alpha value is -2.82. The van der Waals surface area contributed by atoms with Crippen LogP contribution in [0, 0.1) is 0 Å².